The van der Waals surface area contributed by atoms with E-state index in [4.69, 9.17) is 0 Å². The molecule has 0 atom stereocenters. The van der Waals surface area contributed by atoms with Crippen LogP contribution in [-0.2, 0) is 16.5 Å². The molecular weight excluding hydrogens is 391 g/mol. The molecule has 2 heterocycles. The van der Waals surface area contributed by atoms with Gasteiger partial charge in [-0.05, 0) is 55.6 Å². The Balaban J connectivity index is 1.87. The van der Waals surface area contributed by atoms with E-state index in [0.29, 0.717) is 5.69 Å². The van der Waals surface area contributed by atoms with Crippen molar-refractivity contribution in [1.82, 2.24) is 9.78 Å². The van der Waals surface area contributed by atoms with Gasteiger partial charge < -0.3 is 5.32 Å². The molecule has 3 aromatic rings. The first-order valence-corrected chi connectivity index (χ1v) is 9.10. The SMILES string of the molecule is CC(C)(C(=O)Nc1ccc(C(F)(F)F)cc1)n1nc(-c2cccs2)ccc1=O. The molecular formula is C19H16F3N3O2S. The number of halogens is 3. The molecule has 3 rings (SSSR count). The molecule has 146 valence electrons. The van der Waals surface area contributed by atoms with Gasteiger partial charge in [-0.3, -0.25) is 9.59 Å². The van der Waals surface area contributed by atoms with E-state index in [9.17, 15) is 22.8 Å². The third-order valence-corrected chi connectivity index (χ3v) is 5.02. The summed E-state index contributed by atoms with van der Waals surface area (Å²) in [4.78, 5) is 25.9. The topological polar surface area (TPSA) is 64.0 Å². The molecule has 0 spiro atoms. The highest BCUT2D eigenvalue weighted by atomic mass is 32.1. The average Bonchev–Trinajstić information content (AvgIpc) is 3.16. The van der Waals surface area contributed by atoms with Gasteiger partial charge in [-0.2, -0.15) is 18.3 Å². The van der Waals surface area contributed by atoms with Gasteiger partial charge in [0.25, 0.3) is 11.5 Å². The molecule has 0 fully saturated rings. The summed E-state index contributed by atoms with van der Waals surface area (Å²) >= 11 is 1.45. The van der Waals surface area contributed by atoms with Crippen LogP contribution in [0.5, 0.6) is 0 Å². The van der Waals surface area contributed by atoms with E-state index >= 15 is 0 Å². The number of benzene rings is 1. The lowest BCUT2D eigenvalue weighted by atomic mass is 10.0. The van der Waals surface area contributed by atoms with E-state index in [1.165, 1.54) is 31.3 Å². The summed E-state index contributed by atoms with van der Waals surface area (Å²) < 4.78 is 39.0. The number of anilines is 1. The van der Waals surface area contributed by atoms with E-state index in [0.717, 1.165) is 33.8 Å². The number of aromatic nitrogens is 2. The van der Waals surface area contributed by atoms with Crippen molar-refractivity contribution in [2.45, 2.75) is 25.6 Å². The third-order valence-electron chi connectivity index (χ3n) is 4.13. The van der Waals surface area contributed by atoms with Crippen LogP contribution in [0.3, 0.4) is 0 Å². The lowest BCUT2D eigenvalue weighted by Crippen LogP contribution is -2.47. The number of hydrogen-bond donors (Lipinski definition) is 1. The Kier molecular flexibility index (Phi) is 5.12. The van der Waals surface area contributed by atoms with Crippen LogP contribution < -0.4 is 10.9 Å². The largest absolute Gasteiger partial charge is 0.416 e. The van der Waals surface area contributed by atoms with Gasteiger partial charge in [0.1, 0.15) is 11.2 Å². The van der Waals surface area contributed by atoms with Gasteiger partial charge in [-0.1, -0.05) is 6.07 Å². The molecule has 0 aliphatic rings. The molecule has 9 heteroatoms. The Morgan fingerprint density at radius 1 is 1.07 bits per heavy atom. The van der Waals surface area contributed by atoms with Crippen molar-refractivity contribution in [3.05, 3.63) is 69.8 Å². The van der Waals surface area contributed by atoms with Crippen molar-refractivity contribution >= 4 is 22.9 Å². The van der Waals surface area contributed by atoms with Gasteiger partial charge >= 0.3 is 6.18 Å². The fraction of sp³-hybridized carbons (Fsp3) is 0.211. The number of rotatable bonds is 4. The van der Waals surface area contributed by atoms with Crippen LogP contribution >= 0.6 is 11.3 Å². The molecule has 0 aliphatic heterocycles. The fourth-order valence-corrected chi connectivity index (χ4v) is 3.18. The summed E-state index contributed by atoms with van der Waals surface area (Å²) in [7, 11) is 0. The molecule has 0 saturated heterocycles. The Morgan fingerprint density at radius 3 is 2.32 bits per heavy atom. The number of nitrogens with zero attached hydrogens (tertiary/aromatic N) is 2. The molecule has 0 bridgehead atoms. The molecule has 5 nitrogen and oxygen atoms in total. The Hall–Kier alpha value is -2.94. The fourth-order valence-electron chi connectivity index (χ4n) is 2.49. The van der Waals surface area contributed by atoms with Crippen LogP contribution in [0.2, 0.25) is 0 Å². The smallest absolute Gasteiger partial charge is 0.324 e. The Labute approximate surface area is 162 Å². The van der Waals surface area contributed by atoms with Gasteiger partial charge in [0.05, 0.1) is 10.4 Å². The number of carbonyl (C=O) groups excluding carboxylic acids is 1. The molecule has 0 radical (unpaired) electrons. The molecule has 0 saturated carbocycles. The van der Waals surface area contributed by atoms with Gasteiger partial charge in [0.2, 0.25) is 0 Å². The minimum Gasteiger partial charge on any atom is -0.324 e. The van der Waals surface area contributed by atoms with Crippen molar-refractivity contribution in [1.29, 1.82) is 0 Å². The van der Waals surface area contributed by atoms with E-state index < -0.39 is 28.7 Å². The number of carbonyl (C=O) groups is 1. The summed E-state index contributed by atoms with van der Waals surface area (Å²) in [5, 5.41) is 8.71. The van der Waals surface area contributed by atoms with Gasteiger partial charge in [0.15, 0.2) is 0 Å². The van der Waals surface area contributed by atoms with E-state index in [1.54, 1.807) is 6.07 Å². The molecule has 1 N–H and O–H groups in total. The number of nitrogens with one attached hydrogen (secondary N) is 1. The van der Waals surface area contributed by atoms with Crippen molar-refractivity contribution in [3.8, 4) is 10.6 Å². The number of amides is 1. The maximum absolute atomic E-state index is 12.7. The lowest BCUT2D eigenvalue weighted by Gasteiger charge is -2.25. The first-order valence-electron chi connectivity index (χ1n) is 8.22. The number of alkyl halides is 3. The minimum atomic E-state index is -4.46. The first kappa shape index (κ1) is 19.8. The summed E-state index contributed by atoms with van der Waals surface area (Å²) in [6.45, 7) is 3.03. The second-order valence-electron chi connectivity index (χ2n) is 6.53. The van der Waals surface area contributed by atoms with Crippen molar-refractivity contribution in [2.75, 3.05) is 5.32 Å². The number of hydrogen-bond acceptors (Lipinski definition) is 4. The summed E-state index contributed by atoms with van der Waals surface area (Å²) in [6, 6.07) is 10.7. The van der Waals surface area contributed by atoms with Crippen LogP contribution in [0.25, 0.3) is 10.6 Å². The quantitative estimate of drug-likeness (QED) is 0.699. The second-order valence-corrected chi connectivity index (χ2v) is 7.48. The Morgan fingerprint density at radius 2 is 1.75 bits per heavy atom. The van der Waals surface area contributed by atoms with Crippen molar-refractivity contribution in [2.24, 2.45) is 0 Å². The molecule has 1 amide bonds. The highest BCUT2D eigenvalue weighted by Crippen LogP contribution is 2.30. The zero-order chi connectivity index (χ0) is 20.5. The predicted octanol–water partition coefficient (Wildman–Crippen LogP) is 4.36. The zero-order valence-electron chi connectivity index (χ0n) is 14.9. The van der Waals surface area contributed by atoms with E-state index in [2.05, 4.69) is 10.4 Å². The third kappa shape index (κ3) is 3.99. The normalized spacial score (nSPS) is 12.0. The standard InChI is InChI=1S/C19H16F3N3O2S/c1-18(2,17(27)23-13-7-5-12(6-8-13)19(20,21)22)25-16(26)10-9-14(24-25)15-4-3-11-28-15/h3-11H,1-2H3,(H,23,27). The zero-order valence-corrected chi connectivity index (χ0v) is 15.8. The monoisotopic (exact) mass is 407 g/mol. The van der Waals surface area contributed by atoms with Crippen LogP contribution in [0.15, 0.2) is 58.7 Å². The summed E-state index contributed by atoms with van der Waals surface area (Å²) in [5.74, 6) is -0.579. The first-order chi connectivity index (χ1) is 13.1. The highest BCUT2D eigenvalue weighted by molar-refractivity contribution is 7.13. The lowest BCUT2D eigenvalue weighted by molar-refractivity contribution is -0.137. The van der Waals surface area contributed by atoms with Gasteiger partial charge in [0, 0.05) is 11.8 Å². The minimum absolute atomic E-state index is 0.188. The van der Waals surface area contributed by atoms with Crippen LogP contribution in [0.1, 0.15) is 19.4 Å². The molecule has 0 aliphatic carbocycles. The average molecular weight is 407 g/mol. The van der Waals surface area contributed by atoms with Crippen LogP contribution in [-0.4, -0.2) is 15.7 Å². The maximum Gasteiger partial charge on any atom is 0.416 e. The van der Waals surface area contributed by atoms with E-state index in [-0.39, 0.29) is 5.69 Å². The van der Waals surface area contributed by atoms with Gasteiger partial charge in [-0.25, -0.2) is 4.68 Å². The predicted molar refractivity (Wildman–Crippen MR) is 101 cm³/mol. The summed E-state index contributed by atoms with van der Waals surface area (Å²) in [5.41, 5.74) is -1.91. The number of thiophene rings is 1. The van der Waals surface area contributed by atoms with Crippen LogP contribution in [0, 0.1) is 0 Å². The van der Waals surface area contributed by atoms with E-state index in [1.807, 2.05) is 17.5 Å². The summed E-state index contributed by atoms with van der Waals surface area (Å²) in [6.07, 6.45) is -4.46. The molecule has 1 aromatic carbocycles. The second kappa shape index (κ2) is 7.23. The Bertz CT molecular complexity index is 1040. The maximum atomic E-state index is 12.7. The van der Waals surface area contributed by atoms with Crippen molar-refractivity contribution < 1.29 is 18.0 Å². The molecule has 2 aromatic heterocycles. The molecule has 28 heavy (non-hydrogen) atoms. The van der Waals surface area contributed by atoms with Crippen molar-refractivity contribution in [3.63, 3.8) is 0 Å². The highest BCUT2D eigenvalue weighted by Gasteiger charge is 2.33. The van der Waals surface area contributed by atoms with Crippen LogP contribution in [0.4, 0.5) is 18.9 Å². The molecule has 0 unspecified atom stereocenters. The van der Waals surface area contributed by atoms with Gasteiger partial charge in [-0.15, -0.1) is 11.3 Å².